The lowest BCUT2D eigenvalue weighted by molar-refractivity contribution is 0.0926. The predicted molar refractivity (Wildman–Crippen MR) is 63.0 cm³/mol. The summed E-state index contributed by atoms with van der Waals surface area (Å²) in [6.45, 7) is 1.53. The fourth-order valence-corrected chi connectivity index (χ4v) is 1.37. The molecule has 0 aliphatic rings. The fraction of sp³-hybridized carbons (Fsp3) is 0.333. The summed E-state index contributed by atoms with van der Waals surface area (Å²) >= 11 is 22.6. The molecule has 1 heterocycles. The van der Waals surface area contributed by atoms with Crippen LogP contribution in [0.4, 0.5) is 0 Å². The number of pyridine rings is 1. The molecular weight excluding hydrogens is 280 g/mol. The average Bonchev–Trinajstić information content (AvgIpc) is 2.14. The first-order valence-electron chi connectivity index (χ1n) is 4.05. The highest BCUT2D eigenvalue weighted by atomic mass is 35.6. The number of nitrogens with zero attached hydrogens (tertiary/aromatic N) is 1. The van der Waals surface area contributed by atoms with Gasteiger partial charge in [-0.05, 0) is 12.1 Å². The third-order valence-electron chi connectivity index (χ3n) is 1.86. The summed E-state index contributed by atoms with van der Waals surface area (Å²) in [4.78, 5) is 15.6. The Bertz CT molecular complexity index is 375. The Morgan fingerprint density at radius 2 is 2.07 bits per heavy atom. The number of hydrogen-bond donors (Lipinski definition) is 0. The van der Waals surface area contributed by atoms with Crippen molar-refractivity contribution in [3.05, 3.63) is 29.0 Å². The molecule has 1 aromatic rings. The van der Waals surface area contributed by atoms with Gasteiger partial charge in [-0.1, -0.05) is 53.3 Å². The van der Waals surface area contributed by atoms with E-state index in [0.717, 1.165) is 0 Å². The standard InChI is InChI=1S/C9H7Cl4NO/c1-5(9(11,12)13)8(15)7-4-6(10)2-3-14-7/h2-5H,1H3. The summed E-state index contributed by atoms with van der Waals surface area (Å²) in [7, 11) is 0. The lowest BCUT2D eigenvalue weighted by Crippen LogP contribution is -2.25. The number of alkyl halides is 3. The van der Waals surface area contributed by atoms with E-state index < -0.39 is 9.71 Å². The zero-order chi connectivity index (χ0) is 11.6. The molecule has 0 N–H and O–H groups in total. The second-order valence-corrected chi connectivity index (χ2v) is 5.79. The lowest BCUT2D eigenvalue weighted by Gasteiger charge is -2.18. The third kappa shape index (κ3) is 3.49. The van der Waals surface area contributed by atoms with Crippen LogP contribution in [0.1, 0.15) is 17.4 Å². The van der Waals surface area contributed by atoms with E-state index in [0.29, 0.717) is 5.02 Å². The van der Waals surface area contributed by atoms with Gasteiger partial charge in [0.1, 0.15) is 5.69 Å². The maximum Gasteiger partial charge on any atom is 0.200 e. The summed E-state index contributed by atoms with van der Waals surface area (Å²) < 4.78 is -1.64. The molecule has 1 rings (SSSR count). The van der Waals surface area contributed by atoms with Crippen LogP contribution in [0.15, 0.2) is 18.3 Å². The number of rotatable bonds is 2. The summed E-state index contributed by atoms with van der Waals surface area (Å²) in [5.41, 5.74) is 0.196. The van der Waals surface area contributed by atoms with Crippen LogP contribution in [-0.2, 0) is 0 Å². The molecule has 6 heteroatoms. The van der Waals surface area contributed by atoms with Crippen molar-refractivity contribution in [3.8, 4) is 0 Å². The monoisotopic (exact) mass is 285 g/mol. The Hall–Kier alpha value is -0.0200. The van der Waals surface area contributed by atoms with Gasteiger partial charge < -0.3 is 0 Å². The average molecular weight is 287 g/mol. The van der Waals surface area contributed by atoms with Gasteiger partial charge >= 0.3 is 0 Å². The van der Waals surface area contributed by atoms with Crippen LogP contribution in [0.3, 0.4) is 0 Å². The molecule has 0 aliphatic heterocycles. The van der Waals surface area contributed by atoms with Crippen molar-refractivity contribution in [2.75, 3.05) is 0 Å². The van der Waals surface area contributed by atoms with Crippen molar-refractivity contribution >= 4 is 52.2 Å². The van der Waals surface area contributed by atoms with E-state index in [1.807, 2.05) is 0 Å². The molecule has 0 aliphatic carbocycles. The van der Waals surface area contributed by atoms with Crippen molar-refractivity contribution in [1.29, 1.82) is 0 Å². The lowest BCUT2D eigenvalue weighted by atomic mass is 10.1. The second-order valence-electron chi connectivity index (χ2n) is 2.99. The molecule has 0 bridgehead atoms. The summed E-state index contributed by atoms with van der Waals surface area (Å²) in [5, 5.41) is 0.421. The first kappa shape index (κ1) is 13.0. The largest absolute Gasteiger partial charge is 0.292 e. The molecule has 0 fully saturated rings. The van der Waals surface area contributed by atoms with E-state index in [9.17, 15) is 4.79 Å². The van der Waals surface area contributed by atoms with Gasteiger partial charge in [-0.25, -0.2) is 0 Å². The highest BCUT2D eigenvalue weighted by Gasteiger charge is 2.35. The van der Waals surface area contributed by atoms with Gasteiger partial charge in [0.2, 0.25) is 0 Å². The second kappa shape index (κ2) is 4.88. The summed E-state index contributed by atoms with van der Waals surface area (Å²) in [5.74, 6) is -1.12. The molecule has 0 aromatic carbocycles. The zero-order valence-corrected chi connectivity index (χ0v) is 10.7. The van der Waals surface area contributed by atoms with Crippen LogP contribution < -0.4 is 0 Å². The molecule has 0 radical (unpaired) electrons. The minimum absolute atomic E-state index is 0.196. The first-order chi connectivity index (χ1) is 6.82. The molecule has 0 amide bonds. The van der Waals surface area contributed by atoms with E-state index in [1.165, 1.54) is 19.2 Å². The van der Waals surface area contributed by atoms with Gasteiger partial charge in [-0.3, -0.25) is 9.78 Å². The molecule has 15 heavy (non-hydrogen) atoms. The van der Waals surface area contributed by atoms with Crippen molar-refractivity contribution in [2.45, 2.75) is 10.7 Å². The summed E-state index contributed by atoms with van der Waals surface area (Å²) in [6, 6.07) is 3.01. The number of halogens is 4. The Morgan fingerprint density at radius 3 is 2.53 bits per heavy atom. The predicted octanol–water partition coefficient (Wildman–Crippen LogP) is 3.92. The molecular formula is C9H7Cl4NO. The minimum atomic E-state index is -1.64. The highest BCUT2D eigenvalue weighted by molar-refractivity contribution is 6.68. The number of hydrogen-bond acceptors (Lipinski definition) is 2. The smallest absolute Gasteiger partial charge is 0.200 e. The van der Waals surface area contributed by atoms with Crippen molar-refractivity contribution in [3.63, 3.8) is 0 Å². The normalized spacial score (nSPS) is 13.7. The highest BCUT2D eigenvalue weighted by Crippen LogP contribution is 2.36. The van der Waals surface area contributed by atoms with Gasteiger partial charge in [0, 0.05) is 11.2 Å². The van der Waals surface area contributed by atoms with Gasteiger partial charge in [0.05, 0.1) is 5.92 Å². The zero-order valence-electron chi connectivity index (χ0n) is 7.68. The van der Waals surface area contributed by atoms with E-state index in [1.54, 1.807) is 6.07 Å². The van der Waals surface area contributed by atoms with Crippen LogP contribution in [0.2, 0.25) is 5.02 Å². The van der Waals surface area contributed by atoms with Crippen molar-refractivity contribution in [1.82, 2.24) is 4.98 Å². The van der Waals surface area contributed by atoms with Crippen molar-refractivity contribution in [2.24, 2.45) is 5.92 Å². The molecule has 0 saturated heterocycles. The maximum absolute atomic E-state index is 11.8. The molecule has 0 saturated carbocycles. The minimum Gasteiger partial charge on any atom is -0.292 e. The molecule has 1 atom stereocenters. The fourth-order valence-electron chi connectivity index (χ4n) is 0.910. The van der Waals surface area contributed by atoms with Crippen LogP contribution in [0.5, 0.6) is 0 Å². The van der Waals surface area contributed by atoms with Crippen LogP contribution in [0, 0.1) is 5.92 Å². The van der Waals surface area contributed by atoms with E-state index >= 15 is 0 Å². The van der Waals surface area contributed by atoms with E-state index in [2.05, 4.69) is 4.98 Å². The SMILES string of the molecule is CC(C(=O)c1cc(Cl)ccn1)C(Cl)(Cl)Cl. The Morgan fingerprint density at radius 1 is 1.47 bits per heavy atom. The van der Waals surface area contributed by atoms with Crippen molar-refractivity contribution < 1.29 is 4.79 Å². The molecule has 0 spiro atoms. The van der Waals surface area contributed by atoms with Gasteiger partial charge in [-0.15, -0.1) is 0 Å². The van der Waals surface area contributed by atoms with E-state index in [-0.39, 0.29) is 11.5 Å². The number of carbonyl (C=O) groups is 1. The number of Topliss-reactive ketones (excluding diaryl/α,β-unsaturated/α-hetero) is 1. The van der Waals surface area contributed by atoms with E-state index in [4.69, 9.17) is 46.4 Å². The number of aromatic nitrogens is 1. The number of ketones is 1. The van der Waals surface area contributed by atoms with Crippen LogP contribution in [-0.4, -0.2) is 14.6 Å². The molecule has 82 valence electrons. The molecule has 1 unspecified atom stereocenters. The van der Waals surface area contributed by atoms with Crippen LogP contribution in [0.25, 0.3) is 0 Å². The molecule has 2 nitrogen and oxygen atoms in total. The first-order valence-corrected chi connectivity index (χ1v) is 5.56. The van der Waals surface area contributed by atoms with Gasteiger partial charge in [-0.2, -0.15) is 0 Å². The Balaban J connectivity index is 2.95. The quantitative estimate of drug-likeness (QED) is 0.609. The number of carbonyl (C=O) groups excluding carboxylic acids is 1. The Kier molecular flexibility index (Phi) is 4.24. The topological polar surface area (TPSA) is 30.0 Å². The Labute approximate surface area is 107 Å². The van der Waals surface area contributed by atoms with Gasteiger partial charge in [0.25, 0.3) is 0 Å². The molecule has 1 aromatic heterocycles. The summed E-state index contributed by atoms with van der Waals surface area (Å²) in [6.07, 6.45) is 1.43. The van der Waals surface area contributed by atoms with Crippen LogP contribution >= 0.6 is 46.4 Å². The van der Waals surface area contributed by atoms with Gasteiger partial charge in [0.15, 0.2) is 9.58 Å². The maximum atomic E-state index is 11.8. The third-order valence-corrected chi connectivity index (χ3v) is 3.08.